The lowest BCUT2D eigenvalue weighted by Gasteiger charge is -2.36. The molecule has 1 saturated heterocycles. The van der Waals surface area contributed by atoms with Crippen LogP contribution in [0.1, 0.15) is 30.4 Å². The van der Waals surface area contributed by atoms with Gasteiger partial charge in [-0.3, -0.25) is 4.90 Å². The molecule has 2 aliphatic rings. The Balaban J connectivity index is 1.30. The number of rotatable bonds is 3. The molecule has 1 unspecified atom stereocenters. The molecule has 0 amide bonds. The van der Waals surface area contributed by atoms with Gasteiger partial charge in [0.2, 0.25) is 0 Å². The predicted octanol–water partition coefficient (Wildman–Crippen LogP) is 4.57. The van der Waals surface area contributed by atoms with Crippen molar-refractivity contribution in [2.75, 3.05) is 25.0 Å². The van der Waals surface area contributed by atoms with E-state index in [9.17, 15) is 0 Å². The van der Waals surface area contributed by atoms with E-state index >= 15 is 0 Å². The molecule has 0 saturated carbocycles. The SMILES string of the molecule is c1ccc(CN2CCC(C3CCc4ccccc4NC3)CC2)cc1. The molecule has 0 aromatic heterocycles. The lowest BCUT2D eigenvalue weighted by Crippen LogP contribution is -2.37. The normalized spacial score (nSPS) is 22.4. The van der Waals surface area contributed by atoms with E-state index in [0.29, 0.717) is 0 Å². The summed E-state index contributed by atoms with van der Waals surface area (Å²) in [5.41, 5.74) is 4.31. The second kappa shape index (κ2) is 7.40. The number of likely N-dealkylation sites (tertiary alicyclic amines) is 1. The van der Waals surface area contributed by atoms with Gasteiger partial charge in [-0.2, -0.15) is 0 Å². The molecule has 4 rings (SSSR count). The van der Waals surface area contributed by atoms with Gasteiger partial charge in [-0.15, -0.1) is 0 Å². The summed E-state index contributed by atoms with van der Waals surface area (Å²) < 4.78 is 0. The fraction of sp³-hybridized carbons (Fsp3) is 0.455. The van der Waals surface area contributed by atoms with Gasteiger partial charge in [0.1, 0.15) is 0 Å². The highest BCUT2D eigenvalue weighted by molar-refractivity contribution is 5.51. The van der Waals surface area contributed by atoms with E-state index in [1.807, 2.05) is 0 Å². The summed E-state index contributed by atoms with van der Waals surface area (Å²) in [5.74, 6) is 1.72. The zero-order valence-electron chi connectivity index (χ0n) is 14.5. The summed E-state index contributed by atoms with van der Waals surface area (Å²) in [7, 11) is 0. The number of para-hydroxylation sites is 1. The fourth-order valence-corrected chi connectivity index (χ4v) is 4.42. The number of aryl methyl sites for hydroxylation is 1. The molecule has 1 atom stereocenters. The molecule has 2 heterocycles. The Labute approximate surface area is 145 Å². The highest BCUT2D eigenvalue weighted by Crippen LogP contribution is 2.32. The maximum atomic E-state index is 3.71. The van der Waals surface area contributed by atoms with E-state index in [0.717, 1.165) is 24.9 Å². The maximum absolute atomic E-state index is 3.71. The number of benzene rings is 2. The van der Waals surface area contributed by atoms with Crippen molar-refractivity contribution >= 4 is 5.69 Å². The Hall–Kier alpha value is -1.80. The van der Waals surface area contributed by atoms with Gasteiger partial charge in [-0.05, 0) is 67.8 Å². The van der Waals surface area contributed by atoms with Gasteiger partial charge in [-0.25, -0.2) is 0 Å². The molecule has 0 bridgehead atoms. The van der Waals surface area contributed by atoms with Crippen molar-refractivity contribution in [3.8, 4) is 0 Å². The van der Waals surface area contributed by atoms with Gasteiger partial charge in [0.25, 0.3) is 0 Å². The number of nitrogens with zero attached hydrogens (tertiary/aromatic N) is 1. The number of hydrogen-bond donors (Lipinski definition) is 1. The third-order valence-electron chi connectivity index (χ3n) is 5.90. The van der Waals surface area contributed by atoms with Crippen LogP contribution in [-0.2, 0) is 13.0 Å². The lowest BCUT2D eigenvalue weighted by atomic mass is 9.81. The van der Waals surface area contributed by atoms with Crippen LogP contribution in [0.25, 0.3) is 0 Å². The van der Waals surface area contributed by atoms with E-state index in [4.69, 9.17) is 0 Å². The summed E-state index contributed by atoms with van der Waals surface area (Å²) in [4.78, 5) is 2.63. The Kier molecular flexibility index (Phi) is 4.84. The van der Waals surface area contributed by atoms with Crippen LogP contribution in [0.15, 0.2) is 54.6 Å². The molecular formula is C22H28N2. The topological polar surface area (TPSA) is 15.3 Å². The first kappa shape index (κ1) is 15.7. The Morgan fingerprint density at radius 1 is 0.833 bits per heavy atom. The maximum Gasteiger partial charge on any atom is 0.0372 e. The first-order valence-electron chi connectivity index (χ1n) is 9.46. The molecule has 2 aromatic rings. The van der Waals surface area contributed by atoms with Crippen molar-refractivity contribution in [2.24, 2.45) is 11.8 Å². The van der Waals surface area contributed by atoms with E-state index in [1.54, 1.807) is 0 Å². The summed E-state index contributed by atoms with van der Waals surface area (Å²) >= 11 is 0. The number of nitrogens with one attached hydrogen (secondary N) is 1. The van der Waals surface area contributed by atoms with Gasteiger partial charge in [-0.1, -0.05) is 48.5 Å². The molecule has 126 valence electrons. The summed E-state index contributed by atoms with van der Waals surface area (Å²) in [6, 6.07) is 19.7. The largest absolute Gasteiger partial charge is 0.385 e. The van der Waals surface area contributed by atoms with E-state index in [1.165, 1.54) is 55.6 Å². The first-order chi connectivity index (χ1) is 11.9. The van der Waals surface area contributed by atoms with Crippen LogP contribution in [0.3, 0.4) is 0 Å². The molecule has 24 heavy (non-hydrogen) atoms. The Morgan fingerprint density at radius 2 is 1.58 bits per heavy atom. The number of hydrogen-bond acceptors (Lipinski definition) is 2. The number of anilines is 1. The van der Waals surface area contributed by atoms with E-state index in [-0.39, 0.29) is 0 Å². The van der Waals surface area contributed by atoms with Gasteiger partial charge in [0.15, 0.2) is 0 Å². The minimum Gasteiger partial charge on any atom is -0.385 e. The fourth-order valence-electron chi connectivity index (χ4n) is 4.42. The highest BCUT2D eigenvalue weighted by atomic mass is 15.1. The molecule has 1 fully saturated rings. The molecule has 0 spiro atoms. The van der Waals surface area contributed by atoms with Crippen molar-refractivity contribution in [1.29, 1.82) is 0 Å². The molecule has 2 nitrogen and oxygen atoms in total. The van der Waals surface area contributed by atoms with Crippen molar-refractivity contribution in [3.63, 3.8) is 0 Å². The third-order valence-corrected chi connectivity index (χ3v) is 5.90. The van der Waals surface area contributed by atoms with Crippen LogP contribution in [0.4, 0.5) is 5.69 Å². The van der Waals surface area contributed by atoms with E-state index < -0.39 is 0 Å². The average Bonchev–Trinajstić information content (AvgIpc) is 2.86. The minimum atomic E-state index is 0.830. The van der Waals surface area contributed by atoms with Crippen LogP contribution >= 0.6 is 0 Å². The lowest BCUT2D eigenvalue weighted by molar-refractivity contribution is 0.141. The third kappa shape index (κ3) is 3.64. The van der Waals surface area contributed by atoms with E-state index in [2.05, 4.69) is 64.8 Å². The molecule has 0 aliphatic carbocycles. The monoisotopic (exact) mass is 320 g/mol. The molecule has 1 N–H and O–H groups in total. The van der Waals surface area contributed by atoms with Gasteiger partial charge < -0.3 is 5.32 Å². The summed E-state index contributed by atoms with van der Waals surface area (Å²) in [5, 5.41) is 3.71. The molecule has 2 aliphatic heterocycles. The average molecular weight is 320 g/mol. The van der Waals surface area contributed by atoms with Gasteiger partial charge in [0, 0.05) is 18.8 Å². The standard InChI is InChI=1S/C22H28N2/c1-2-6-18(7-3-1)17-24-14-12-19(13-15-24)21-11-10-20-8-4-5-9-22(20)23-16-21/h1-9,19,21,23H,10-17H2. The molecule has 2 aromatic carbocycles. The van der Waals surface area contributed by atoms with Crippen LogP contribution in [0.2, 0.25) is 0 Å². The molecule has 2 heteroatoms. The second-order valence-electron chi connectivity index (χ2n) is 7.44. The van der Waals surface area contributed by atoms with Gasteiger partial charge >= 0.3 is 0 Å². The predicted molar refractivity (Wildman–Crippen MR) is 101 cm³/mol. The Bertz CT molecular complexity index is 617. The van der Waals surface area contributed by atoms with Crippen LogP contribution in [0, 0.1) is 11.8 Å². The smallest absolute Gasteiger partial charge is 0.0372 e. The van der Waals surface area contributed by atoms with Crippen molar-refractivity contribution < 1.29 is 0 Å². The summed E-state index contributed by atoms with van der Waals surface area (Å²) in [6.45, 7) is 4.77. The number of piperidine rings is 1. The van der Waals surface area contributed by atoms with Crippen LogP contribution in [-0.4, -0.2) is 24.5 Å². The molecule has 0 radical (unpaired) electrons. The first-order valence-corrected chi connectivity index (χ1v) is 9.46. The van der Waals surface area contributed by atoms with Crippen molar-refractivity contribution in [2.45, 2.75) is 32.2 Å². The number of fused-ring (bicyclic) bond motifs is 1. The quantitative estimate of drug-likeness (QED) is 0.891. The Morgan fingerprint density at radius 3 is 2.42 bits per heavy atom. The highest BCUT2D eigenvalue weighted by Gasteiger charge is 2.27. The van der Waals surface area contributed by atoms with Crippen LogP contribution < -0.4 is 5.32 Å². The minimum absolute atomic E-state index is 0.830. The van der Waals surface area contributed by atoms with Crippen molar-refractivity contribution in [1.82, 2.24) is 4.90 Å². The summed E-state index contributed by atoms with van der Waals surface area (Å²) in [6.07, 6.45) is 5.29. The zero-order valence-corrected chi connectivity index (χ0v) is 14.5. The zero-order chi connectivity index (χ0) is 16.2. The van der Waals surface area contributed by atoms with Gasteiger partial charge in [0.05, 0.1) is 0 Å². The van der Waals surface area contributed by atoms with Crippen LogP contribution in [0.5, 0.6) is 0 Å². The second-order valence-corrected chi connectivity index (χ2v) is 7.44. The molecular weight excluding hydrogens is 292 g/mol. The van der Waals surface area contributed by atoms with Crippen molar-refractivity contribution in [3.05, 3.63) is 65.7 Å².